The van der Waals surface area contributed by atoms with Crippen molar-refractivity contribution in [3.8, 4) is 5.75 Å². The summed E-state index contributed by atoms with van der Waals surface area (Å²) in [6.45, 7) is 1.62. The number of carbonyl (C=O) groups excluding carboxylic acids is 1. The molecule has 0 bridgehead atoms. The van der Waals surface area contributed by atoms with E-state index in [0.29, 0.717) is 17.7 Å². The maximum atomic E-state index is 12.4. The van der Waals surface area contributed by atoms with Gasteiger partial charge in [-0.1, -0.05) is 60.7 Å². The molecule has 0 aromatic heterocycles. The number of nitrogens with one attached hydrogen (secondary N) is 1. The first-order chi connectivity index (χ1) is 14.3. The Labute approximate surface area is 176 Å². The number of hydrogen-bond donors (Lipinski definition) is 2. The lowest BCUT2D eigenvalue weighted by Gasteiger charge is -2.16. The predicted molar refractivity (Wildman–Crippen MR) is 116 cm³/mol. The molecule has 0 spiro atoms. The fourth-order valence-electron chi connectivity index (χ4n) is 3.08. The van der Waals surface area contributed by atoms with Crippen LogP contribution in [0.1, 0.15) is 29.7 Å². The average Bonchev–Trinajstić information content (AvgIpc) is 2.73. The molecular formula is C23H24N2O4S. The molecule has 0 saturated heterocycles. The number of sulfonamides is 1. The van der Waals surface area contributed by atoms with Crippen molar-refractivity contribution in [1.29, 1.82) is 0 Å². The number of benzene rings is 3. The smallest absolute Gasteiger partial charge is 0.258 e. The molecule has 0 aliphatic carbocycles. The van der Waals surface area contributed by atoms with Gasteiger partial charge in [-0.05, 0) is 41.8 Å². The van der Waals surface area contributed by atoms with Crippen LogP contribution in [-0.4, -0.2) is 20.9 Å². The van der Waals surface area contributed by atoms with E-state index in [-0.39, 0.29) is 17.4 Å². The molecule has 1 amide bonds. The monoisotopic (exact) mass is 424 g/mol. The first-order valence-corrected chi connectivity index (χ1v) is 11.0. The number of hydrogen-bond acceptors (Lipinski definition) is 4. The van der Waals surface area contributed by atoms with Gasteiger partial charge in [-0.3, -0.25) is 4.79 Å². The second-order valence-corrected chi connectivity index (χ2v) is 8.53. The molecule has 0 radical (unpaired) electrons. The molecular weight excluding hydrogens is 400 g/mol. The predicted octanol–water partition coefficient (Wildman–Crippen LogP) is 3.18. The number of nitrogens with two attached hydrogens (primary N) is 1. The van der Waals surface area contributed by atoms with Crippen molar-refractivity contribution in [2.24, 2.45) is 5.14 Å². The Balaban J connectivity index is 1.61. The summed E-state index contributed by atoms with van der Waals surface area (Å²) < 4.78 is 28.8. The molecule has 3 aromatic carbocycles. The zero-order chi connectivity index (χ0) is 21.6. The van der Waals surface area contributed by atoms with Gasteiger partial charge in [0.2, 0.25) is 10.0 Å². The third-order valence-corrected chi connectivity index (χ3v) is 5.54. The van der Waals surface area contributed by atoms with Crippen molar-refractivity contribution >= 4 is 15.9 Å². The highest BCUT2D eigenvalue weighted by atomic mass is 32.2. The summed E-state index contributed by atoms with van der Waals surface area (Å²) in [5.41, 5.74) is 2.78. The van der Waals surface area contributed by atoms with Gasteiger partial charge in [-0.2, -0.15) is 0 Å². The highest BCUT2D eigenvalue weighted by Gasteiger charge is 2.14. The number of amides is 1. The normalized spacial score (nSPS) is 12.2. The summed E-state index contributed by atoms with van der Waals surface area (Å²) in [5, 5.41) is 7.99. The van der Waals surface area contributed by atoms with E-state index in [9.17, 15) is 13.2 Å². The highest BCUT2D eigenvalue weighted by molar-refractivity contribution is 7.89. The fourth-order valence-corrected chi connectivity index (χ4v) is 3.65. The lowest BCUT2D eigenvalue weighted by atomic mass is 10.0. The number of carbonyl (C=O) groups is 1. The minimum absolute atomic E-state index is 0.00666. The molecule has 0 aliphatic heterocycles. The van der Waals surface area contributed by atoms with Crippen LogP contribution in [0.15, 0.2) is 83.8 Å². The third-order valence-electron chi connectivity index (χ3n) is 4.63. The van der Waals surface area contributed by atoms with E-state index in [1.54, 1.807) is 19.1 Å². The van der Waals surface area contributed by atoms with Gasteiger partial charge in [0, 0.05) is 6.42 Å². The number of rotatable bonds is 8. The van der Waals surface area contributed by atoms with Crippen LogP contribution in [0.5, 0.6) is 5.75 Å². The lowest BCUT2D eigenvalue weighted by Crippen LogP contribution is -2.31. The summed E-state index contributed by atoms with van der Waals surface area (Å²) >= 11 is 0. The number of para-hydroxylation sites is 1. The summed E-state index contributed by atoms with van der Waals surface area (Å²) in [7, 11) is -3.80. The minimum Gasteiger partial charge on any atom is -0.483 e. The molecule has 1 atom stereocenters. The van der Waals surface area contributed by atoms with Crippen molar-refractivity contribution in [3.05, 3.63) is 95.6 Å². The van der Waals surface area contributed by atoms with E-state index in [1.165, 1.54) is 12.1 Å². The molecule has 0 heterocycles. The number of primary sulfonamides is 1. The highest BCUT2D eigenvalue weighted by Crippen LogP contribution is 2.22. The molecule has 0 aliphatic rings. The van der Waals surface area contributed by atoms with Crippen molar-refractivity contribution in [3.63, 3.8) is 0 Å². The maximum Gasteiger partial charge on any atom is 0.258 e. The molecule has 7 heteroatoms. The molecule has 3 N–H and O–H groups in total. The molecule has 0 fully saturated rings. The lowest BCUT2D eigenvalue weighted by molar-refractivity contribution is -0.123. The number of ether oxygens (including phenoxy) is 1. The molecule has 0 saturated carbocycles. The van der Waals surface area contributed by atoms with Gasteiger partial charge in [0.25, 0.3) is 5.91 Å². The van der Waals surface area contributed by atoms with E-state index >= 15 is 0 Å². The average molecular weight is 425 g/mol. The van der Waals surface area contributed by atoms with E-state index in [4.69, 9.17) is 9.88 Å². The van der Waals surface area contributed by atoms with Crippen molar-refractivity contribution in [1.82, 2.24) is 5.32 Å². The Bertz CT molecular complexity index is 1110. The van der Waals surface area contributed by atoms with Gasteiger partial charge in [0.15, 0.2) is 6.61 Å². The van der Waals surface area contributed by atoms with E-state index in [2.05, 4.69) is 5.32 Å². The maximum absolute atomic E-state index is 12.4. The zero-order valence-corrected chi connectivity index (χ0v) is 17.4. The van der Waals surface area contributed by atoms with Crippen molar-refractivity contribution in [2.45, 2.75) is 24.3 Å². The van der Waals surface area contributed by atoms with Crippen LogP contribution in [0.4, 0.5) is 0 Å². The molecule has 3 aromatic rings. The van der Waals surface area contributed by atoms with Crippen molar-refractivity contribution in [2.75, 3.05) is 6.61 Å². The molecule has 30 heavy (non-hydrogen) atoms. The Morgan fingerprint density at radius 1 is 1.00 bits per heavy atom. The van der Waals surface area contributed by atoms with Gasteiger partial charge >= 0.3 is 0 Å². The van der Waals surface area contributed by atoms with Gasteiger partial charge in [0.05, 0.1) is 10.9 Å². The zero-order valence-electron chi connectivity index (χ0n) is 16.6. The van der Waals surface area contributed by atoms with Crippen LogP contribution >= 0.6 is 0 Å². The third kappa shape index (κ3) is 5.92. The second-order valence-electron chi connectivity index (χ2n) is 6.97. The van der Waals surface area contributed by atoms with Crippen LogP contribution in [0, 0.1) is 0 Å². The summed E-state index contributed by atoms with van der Waals surface area (Å²) in [5.74, 6) is 0.346. The molecule has 3 rings (SSSR count). The van der Waals surface area contributed by atoms with Gasteiger partial charge in [0.1, 0.15) is 5.75 Å². The first-order valence-electron chi connectivity index (χ1n) is 9.49. The molecule has 6 nitrogen and oxygen atoms in total. The van der Waals surface area contributed by atoms with E-state index < -0.39 is 16.1 Å². The summed E-state index contributed by atoms with van der Waals surface area (Å²) in [4.78, 5) is 12.4. The summed E-state index contributed by atoms with van der Waals surface area (Å²) in [6.07, 6.45) is 0.704. The van der Waals surface area contributed by atoms with Crippen molar-refractivity contribution < 1.29 is 17.9 Å². The van der Waals surface area contributed by atoms with Crippen LogP contribution in [0.25, 0.3) is 0 Å². The topological polar surface area (TPSA) is 98.5 Å². The summed E-state index contributed by atoms with van der Waals surface area (Å²) in [6, 6.07) is 23.4. The Morgan fingerprint density at radius 2 is 1.70 bits per heavy atom. The van der Waals surface area contributed by atoms with Crippen LogP contribution < -0.4 is 15.2 Å². The van der Waals surface area contributed by atoms with E-state index in [1.807, 2.05) is 54.6 Å². The second kappa shape index (κ2) is 9.56. The first kappa shape index (κ1) is 21.5. The SMILES string of the molecule is C[C@H](NC(=O)COc1ccccc1Cc1ccccc1)c1cccc(S(N)(=O)=O)c1. The standard InChI is InChI=1S/C23H24N2O4S/c1-17(19-11-7-12-21(15-19)30(24,27)28)25-23(26)16-29-22-13-6-5-10-20(22)14-18-8-3-2-4-9-18/h2-13,15,17H,14,16H2,1H3,(H,25,26)(H2,24,27,28)/t17-/m0/s1. The van der Waals surface area contributed by atoms with Crippen LogP contribution in [0.2, 0.25) is 0 Å². The Kier molecular flexibility index (Phi) is 6.87. The van der Waals surface area contributed by atoms with Crippen LogP contribution in [0.3, 0.4) is 0 Å². The Morgan fingerprint density at radius 3 is 2.43 bits per heavy atom. The quantitative estimate of drug-likeness (QED) is 0.580. The largest absolute Gasteiger partial charge is 0.483 e. The molecule has 0 unspecified atom stereocenters. The Hall–Kier alpha value is -3.16. The van der Waals surface area contributed by atoms with Gasteiger partial charge in [-0.25, -0.2) is 13.6 Å². The van der Waals surface area contributed by atoms with Gasteiger partial charge in [-0.15, -0.1) is 0 Å². The van der Waals surface area contributed by atoms with Gasteiger partial charge < -0.3 is 10.1 Å². The molecule has 156 valence electrons. The van der Waals surface area contributed by atoms with E-state index in [0.717, 1.165) is 11.1 Å². The fraction of sp³-hybridized carbons (Fsp3) is 0.174. The van der Waals surface area contributed by atoms with Crippen LogP contribution in [-0.2, 0) is 21.2 Å². The minimum atomic E-state index is -3.80.